The quantitative estimate of drug-likeness (QED) is 0.166. The van der Waals surface area contributed by atoms with Crippen LogP contribution in [0.3, 0.4) is 0 Å². The van der Waals surface area contributed by atoms with Crippen LogP contribution in [0.5, 0.6) is 0 Å². The van der Waals surface area contributed by atoms with Crippen LogP contribution in [0.2, 0.25) is 0 Å². The number of nitrogens with zero attached hydrogens (tertiary/aromatic N) is 2. The van der Waals surface area contributed by atoms with Crippen molar-refractivity contribution in [2.24, 2.45) is 11.8 Å². The van der Waals surface area contributed by atoms with Crippen molar-refractivity contribution in [3.63, 3.8) is 0 Å². The summed E-state index contributed by atoms with van der Waals surface area (Å²) in [5.41, 5.74) is 0. The summed E-state index contributed by atoms with van der Waals surface area (Å²) in [6.45, 7) is 12.8. The molecule has 1 fully saturated rings. The molecule has 1 rings (SSSR count). The number of hydrogen-bond acceptors (Lipinski definition) is 3. The van der Waals surface area contributed by atoms with Crippen molar-refractivity contribution in [1.82, 2.24) is 9.80 Å². The molecular formula is C28H56N2O2. The zero-order valence-corrected chi connectivity index (χ0v) is 22.4. The van der Waals surface area contributed by atoms with Gasteiger partial charge in [-0.1, -0.05) is 105 Å². The number of carbonyl (C=O) groups is 1. The fourth-order valence-electron chi connectivity index (χ4n) is 5.17. The standard InChI is InChI=1S/C28H56N2O2/c1-6-9-12-14-17-25(4)22-29(5)23-27-24-30(28(31)32-27)21-16-20-26(18-11-8-3)19-15-13-10-7-2/h25-27H,6-24H2,1-5H3/t25?,26?,27-/m0/s1. The summed E-state index contributed by atoms with van der Waals surface area (Å²) in [5, 5.41) is 0. The Morgan fingerprint density at radius 3 is 2.12 bits per heavy atom. The van der Waals surface area contributed by atoms with E-state index in [0.717, 1.165) is 38.5 Å². The molecule has 2 unspecified atom stereocenters. The average Bonchev–Trinajstić information content (AvgIpc) is 3.10. The molecule has 0 spiro atoms. The lowest BCUT2D eigenvalue weighted by Gasteiger charge is -2.23. The van der Waals surface area contributed by atoms with Gasteiger partial charge in [-0.2, -0.15) is 0 Å². The SMILES string of the molecule is CCCCCCC(C)CN(C)C[C@H]1CN(CCCC(CCCC)CCCCCC)C(=O)O1. The third-order valence-electron chi connectivity index (χ3n) is 7.11. The van der Waals surface area contributed by atoms with Crippen molar-refractivity contribution in [3.8, 4) is 0 Å². The molecule has 0 bridgehead atoms. The Bertz CT molecular complexity index is 457. The van der Waals surface area contributed by atoms with Gasteiger partial charge in [-0.3, -0.25) is 0 Å². The van der Waals surface area contributed by atoms with E-state index < -0.39 is 0 Å². The van der Waals surface area contributed by atoms with Gasteiger partial charge in [-0.15, -0.1) is 0 Å². The minimum atomic E-state index is -0.0935. The lowest BCUT2D eigenvalue weighted by molar-refractivity contribution is 0.109. The fourth-order valence-corrected chi connectivity index (χ4v) is 5.17. The average molecular weight is 453 g/mol. The van der Waals surface area contributed by atoms with Crippen LogP contribution >= 0.6 is 0 Å². The van der Waals surface area contributed by atoms with E-state index in [9.17, 15) is 4.79 Å². The van der Waals surface area contributed by atoms with E-state index in [2.05, 4.69) is 39.6 Å². The molecule has 0 aromatic heterocycles. The lowest BCUT2D eigenvalue weighted by atomic mass is 9.91. The molecule has 32 heavy (non-hydrogen) atoms. The van der Waals surface area contributed by atoms with Crippen LogP contribution in [0.4, 0.5) is 4.79 Å². The minimum Gasteiger partial charge on any atom is -0.443 e. The molecule has 4 heteroatoms. The fraction of sp³-hybridized carbons (Fsp3) is 0.964. The second-order valence-electron chi connectivity index (χ2n) is 10.6. The van der Waals surface area contributed by atoms with Crippen LogP contribution < -0.4 is 0 Å². The van der Waals surface area contributed by atoms with Gasteiger partial charge >= 0.3 is 6.09 Å². The van der Waals surface area contributed by atoms with Crippen molar-refractivity contribution in [1.29, 1.82) is 0 Å². The molecule has 1 aliphatic heterocycles. The van der Waals surface area contributed by atoms with Crippen molar-refractivity contribution in [3.05, 3.63) is 0 Å². The molecule has 0 aromatic rings. The van der Waals surface area contributed by atoms with E-state index >= 15 is 0 Å². The highest BCUT2D eigenvalue weighted by molar-refractivity contribution is 5.69. The number of hydrogen-bond donors (Lipinski definition) is 0. The van der Waals surface area contributed by atoms with E-state index in [1.54, 1.807) is 0 Å². The maximum atomic E-state index is 12.4. The molecule has 3 atom stereocenters. The Kier molecular flexibility index (Phi) is 17.0. The second-order valence-corrected chi connectivity index (χ2v) is 10.6. The summed E-state index contributed by atoms with van der Waals surface area (Å²) in [6.07, 6.45) is 19.8. The van der Waals surface area contributed by atoms with E-state index in [-0.39, 0.29) is 12.2 Å². The zero-order chi connectivity index (χ0) is 23.6. The molecule has 0 radical (unpaired) electrons. The van der Waals surface area contributed by atoms with Gasteiger partial charge in [-0.05, 0) is 38.1 Å². The van der Waals surface area contributed by atoms with Gasteiger partial charge in [0.25, 0.3) is 0 Å². The third-order valence-corrected chi connectivity index (χ3v) is 7.11. The largest absolute Gasteiger partial charge is 0.443 e. The highest BCUT2D eigenvalue weighted by atomic mass is 16.6. The molecule has 0 saturated carbocycles. The topological polar surface area (TPSA) is 32.8 Å². The Morgan fingerprint density at radius 1 is 0.875 bits per heavy atom. The van der Waals surface area contributed by atoms with Gasteiger partial charge in [0, 0.05) is 19.6 Å². The van der Waals surface area contributed by atoms with E-state index in [4.69, 9.17) is 4.74 Å². The first-order valence-electron chi connectivity index (χ1n) is 14.1. The Hall–Kier alpha value is -0.770. The van der Waals surface area contributed by atoms with Crippen molar-refractivity contribution < 1.29 is 9.53 Å². The van der Waals surface area contributed by atoms with E-state index in [1.165, 1.54) is 89.9 Å². The Balaban J connectivity index is 2.27. The van der Waals surface area contributed by atoms with Crippen LogP contribution in [0.1, 0.15) is 124 Å². The summed E-state index contributed by atoms with van der Waals surface area (Å²) in [5.74, 6) is 1.55. The first kappa shape index (κ1) is 29.3. The summed E-state index contributed by atoms with van der Waals surface area (Å²) in [7, 11) is 2.18. The first-order chi connectivity index (χ1) is 15.5. The number of rotatable bonds is 21. The molecular weight excluding hydrogens is 396 g/mol. The van der Waals surface area contributed by atoms with Crippen molar-refractivity contribution in [2.45, 2.75) is 130 Å². The summed E-state index contributed by atoms with van der Waals surface area (Å²) < 4.78 is 5.70. The molecule has 0 aromatic carbocycles. The van der Waals surface area contributed by atoms with Gasteiger partial charge in [-0.25, -0.2) is 4.79 Å². The van der Waals surface area contributed by atoms with Gasteiger partial charge in [0.15, 0.2) is 0 Å². The number of ether oxygens (including phenoxy) is 1. The second kappa shape index (κ2) is 18.6. The zero-order valence-electron chi connectivity index (χ0n) is 22.4. The van der Waals surface area contributed by atoms with E-state index in [0.29, 0.717) is 5.92 Å². The van der Waals surface area contributed by atoms with E-state index in [1.807, 2.05) is 4.90 Å². The summed E-state index contributed by atoms with van der Waals surface area (Å²) >= 11 is 0. The van der Waals surface area contributed by atoms with Crippen LogP contribution in [0, 0.1) is 11.8 Å². The molecule has 0 aliphatic carbocycles. The van der Waals surface area contributed by atoms with Gasteiger partial charge < -0.3 is 14.5 Å². The third kappa shape index (κ3) is 13.7. The summed E-state index contributed by atoms with van der Waals surface area (Å²) in [6, 6.07) is 0. The molecule has 190 valence electrons. The minimum absolute atomic E-state index is 0.0322. The number of carbonyl (C=O) groups excluding carboxylic acids is 1. The predicted molar refractivity (Wildman–Crippen MR) is 138 cm³/mol. The number of unbranched alkanes of at least 4 members (excludes halogenated alkanes) is 7. The number of amides is 1. The van der Waals surface area contributed by atoms with Crippen molar-refractivity contribution >= 4 is 6.09 Å². The van der Waals surface area contributed by atoms with Crippen LogP contribution in [0.15, 0.2) is 0 Å². The maximum Gasteiger partial charge on any atom is 0.410 e. The Morgan fingerprint density at radius 2 is 1.47 bits per heavy atom. The number of likely N-dealkylation sites (N-methyl/N-ethyl adjacent to an activating group) is 1. The van der Waals surface area contributed by atoms with Gasteiger partial charge in [0.2, 0.25) is 0 Å². The highest BCUT2D eigenvalue weighted by Gasteiger charge is 2.31. The number of cyclic esters (lactones) is 1. The van der Waals surface area contributed by atoms with Gasteiger partial charge in [0.1, 0.15) is 6.10 Å². The van der Waals surface area contributed by atoms with Crippen LogP contribution in [-0.4, -0.2) is 55.2 Å². The molecule has 1 amide bonds. The molecule has 0 N–H and O–H groups in total. The first-order valence-corrected chi connectivity index (χ1v) is 14.1. The predicted octanol–water partition coefficient (Wildman–Crippen LogP) is 7.90. The molecule has 4 nitrogen and oxygen atoms in total. The van der Waals surface area contributed by atoms with Crippen LogP contribution in [-0.2, 0) is 4.74 Å². The van der Waals surface area contributed by atoms with Crippen molar-refractivity contribution in [2.75, 3.05) is 33.2 Å². The molecule has 1 heterocycles. The lowest BCUT2D eigenvalue weighted by Crippen LogP contribution is -2.35. The maximum absolute atomic E-state index is 12.4. The summed E-state index contributed by atoms with van der Waals surface area (Å²) in [4.78, 5) is 16.7. The monoisotopic (exact) mass is 452 g/mol. The normalized spacial score (nSPS) is 18.4. The molecule has 1 aliphatic rings. The Labute approximate surface area is 200 Å². The highest BCUT2D eigenvalue weighted by Crippen LogP contribution is 2.23. The smallest absolute Gasteiger partial charge is 0.410 e. The molecule has 1 saturated heterocycles. The van der Waals surface area contributed by atoms with Crippen LogP contribution in [0.25, 0.3) is 0 Å². The van der Waals surface area contributed by atoms with Gasteiger partial charge in [0.05, 0.1) is 6.54 Å².